The van der Waals surface area contributed by atoms with Crippen molar-refractivity contribution in [1.82, 2.24) is 0 Å². The molecule has 0 aliphatic heterocycles. The maximum atomic E-state index is 6.78. The predicted molar refractivity (Wildman–Crippen MR) is 243 cm³/mol. The zero-order valence-corrected chi connectivity index (χ0v) is 32.4. The number of anilines is 3. The Morgan fingerprint density at radius 3 is 2.10 bits per heavy atom. The van der Waals surface area contributed by atoms with Crippen molar-refractivity contribution in [2.45, 2.75) is 32.1 Å². The smallest absolute Gasteiger partial charge is 0.144 e. The van der Waals surface area contributed by atoms with E-state index in [1.807, 2.05) is 6.07 Å². The first kappa shape index (κ1) is 33.1. The molecule has 0 saturated heterocycles. The third kappa shape index (κ3) is 4.93. The van der Waals surface area contributed by atoms with Crippen molar-refractivity contribution in [3.8, 4) is 22.3 Å². The lowest BCUT2D eigenvalue weighted by atomic mass is 9.82. The van der Waals surface area contributed by atoms with Crippen LogP contribution in [0.1, 0.15) is 43.4 Å². The quantitative estimate of drug-likeness (QED) is 0.176. The molecule has 0 fully saturated rings. The number of furan rings is 2. The summed E-state index contributed by atoms with van der Waals surface area (Å²) in [6, 6.07) is 57.3. The highest BCUT2D eigenvalue weighted by Gasteiger charge is 2.35. The summed E-state index contributed by atoms with van der Waals surface area (Å²) in [5.41, 5.74) is 16.8. The third-order valence-electron chi connectivity index (χ3n) is 12.7. The molecule has 0 amide bonds. The molecule has 0 atom stereocenters. The zero-order valence-electron chi connectivity index (χ0n) is 32.4. The lowest BCUT2D eigenvalue weighted by Gasteiger charge is -2.28. The predicted octanol–water partition coefficient (Wildman–Crippen LogP) is 15.8. The monoisotopic (exact) mass is 745 g/mol. The number of hydrogen-bond donors (Lipinski definition) is 0. The van der Waals surface area contributed by atoms with Crippen LogP contribution in [0, 0.1) is 0 Å². The number of hydrogen-bond acceptors (Lipinski definition) is 3. The Morgan fingerprint density at radius 1 is 0.500 bits per heavy atom. The fourth-order valence-electron chi connectivity index (χ4n) is 9.77. The molecule has 0 spiro atoms. The van der Waals surface area contributed by atoms with Gasteiger partial charge in [-0.15, -0.1) is 0 Å². The maximum Gasteiger partial charge on any atom is 0.144 e. The highest BCUT2D eigenvalue weighted by atomic mass is 16.3. The number of benzene rings is 8. The summed E-state index contributed by atoms with van der Waals surface area (Å²) in [4.78, 5) is 2.40. The van der Waals surface area contributed by atoms with E-state index in [-0.39, 0.29) is 5.41 Å². The van der Waals surface area contributed by atoms with E-state index in [0.717, 1.165) is 90.5 Å². The van der Waals surface area contributed by atoms with Crippen molar-refractivity contribution < 1.29 is 8.83 Å². The molecule has 0 radical (unpaired) electrons. The summed E-state index contributed by atoms with van der Waals surface area (Å²) in [7, 11) is 0. The molecule has 3 heteroatoms. The Hall–Kier alpha value is -7.10. The van der Waals surface area contributed by atoms with E-state index in [1.165, 1.54) is 38.6 Å². The van der Waals surface area contributed by atoms with Gasteiger partial charge in [-0.05, 0) is 123 Å². The van der Waals surface area contributed by atoms with Crippen LogP contribution in [-0.4, -0.2) is 0 Å². The minimum Gasteiger partial charge on any atom is -0.456 e. The first-order valence-corrected chi connectivity index (χ1v) is 20.3. The van der Waals surface area contributed by atoms with E-state index in [4.69, 9.17) is 8.83 Å². The molecule has 8 aromatic carbocycles. The van der Waals surface area contributed by atoms with E-state index in [0.29, 0.717) is 0 Å². The zero-order chi connectivity index (χ0) is 38.5. The van der Waals surface area contributed by atoms with Crippen LogP contribution >= 0.6 is 0 Å². The molecule has 2 aromatic heterocycles. The average molecular weight is 746 g/mol. The maximum absolute atomic E-state index is 6.78. The number of nitrogens with zero attached hydrogens (tertiary/aromatic N) is 1. The van der Waals surface area contributed by atoms with E-state index >= 15 is 0 Å². The van der Waals surface area contributed by atoms with Gasteiger partial charge in [0.2, 0.25) is 0 Å². The minimum atomic E-state index is -0.0995. The first-order chi connectivity index (χ1) is 28.5. The van der Waals surface area contributed by atoms with Crippen molar-refractivity contribution in [2.75, 3.05) is 4.90 Å². The molecule has 0 unspecified atom stereocenters. The topological polar surface area (TPSA) is 29.5 Å². The van der Waals surface area contributed by atoms with Gasteiger partial charge in [-0.2, -0.15) is 0 Å². The third-order valence-corrected chi connectivity index (χ3v) is 12.7. The Labute approximate surface area is 336 Å². The Morgan fingerprint density at radius 2 is 1.22 bits per heavy atom. The molecule has 2 aliphatic carbocycles. The Balaban J connectivity index is 0.985. The SMILES string of the molecule is CC1(C)c2ccccc2-c2ccc(N(c3ccc(-c4ccc5oc6c(C7=CCCC=C7)c7c(cc6c5c4)oc4ccccc47)cc3)c3ccc4ccccc4c3)cc21. The molecule has 10 aromatic rings. The van der Waals surface area contributed by atoms with Gasteiger partial charge in [0.1, 0.15) is 22.3 Å². The van der Waals surface area contributed by atoms with Gasteiger partial charge < -0.3 is 13.7 Å². The summed E-state index contributed by atoms with van der Waals surface area (Å²) in [5.74, 6) is 0. The first-order valence-electron chi connectivity index (χ1n) is 20.3. The number of fused-ring (bicyclic) bond motifs is 10. The fourth-order valence-corrected chi connectivity index (χ4v) is 9.77. The van der Waals surface area contributed by atoms with Crippen LogP contribution in [0.4, 0.5) is 17.1 Å². The lowest BCUT2D eigenvalue weighted by molar-refractivity contribution is 0.660. The summed E-state index contributed by atoms with van der Waals surface area (Å²) < 4.78 is 13.3. The summed E-state index contributed by atoms with van der Waals surface area (Å²) >= 11 is 0. The van der Waals surface area contributed by atoms with Crippen LogP contribution in [-0.2, 0) is 5.41 Å². The van der Waals surface area contributed by atoms with E-state index in [1.54, 1.807) is 0 Å². The van der Waals surface area contributed by atoms with Crippen LogP contribution < -0.4 is 4.90 Å². The van der Waals surface area contributed by atoms with Gasteiger partial charge in [0, 0.05) is 49.6 Å². The standard InChI is InChI=1S/C55H39NO2/c1-55(2)47-18-10-8-16-42(47)43-28-27-41(32-48(43)55)56(40-26-22-34-12-6-7-15-37(34)30-40)39-24-20-35(21-25-39)38-23-29-50-45(31-38)46-33-51-53(44-17-9-11-19-49(44)57-51)52(54(46)58-50)36-13-4-3-5-14-36/h4,6-33H,3,5H2,1-2H3. The molecule has 2 heterocycles. The van der Waals surface area contributed by atoms with Gasteiger partial charge in [-0.1, -0.05) is 129 Å². The molecule has 12 rings (SSSR count). The largest absolute Gasteiger partial charge is 0.456 e. The normalized spacial score (nSPS) is 14.4. The Kier molecular flexibility index (Phi) is 7.10. The second-order valence-electron chi connectivity index (χ2n) is 16.4. The molecule has 0 bridgehead atoms. The Bertz CT molecular complexity index is 3370. The van der Waals surface area contributed by atoms with Crippen molar-refractivity contribution in [2.24, 2.45) is 0 Å². The van der Waals surface area contributed by atoms with Gasteiger partial charge in [0.05, 0.1) is 0 Å². The molecule has 3 nitrogen and oxygen atoms in total. The highest BCUT2D eigenvalue weighted by Crippen LogP contribution is 2.51. The molecular formula is C55H39NO2. The van der Waals surface area contributed by atoms with Crippen molar-refractivity contribution in [1.29, 1.82) is 0 Å². The highest BCUT2D eigenvalue weighted by molar-refractivity contribution is 6.21. The fraction of sp³-hybridized carbons (Fsp3) is 0.0909. The van der Waals surface area contributed by atoms with Crippen LogP contribution in [0.3, 0.4) is 0 Å². The molecule has 58 heavy (non-hydrogen) atoms. The van der Waals surface area contributed by atoms with Crippen molar-refractivity contribution >= 4 is 77.3 Å². The summed E-state index contributed by atoms with van der Waals surface area (Å²) in [6.07, 6.45) is 8.90. The number of allylic oxidation sites excluding steroid dienone is 4. The van der Waals surface area contributed by atoms with Crippen LogP contribution in [0.25, 0.3) is 82.5 Å². The van der Waals surface area contributed by atoms with Gasteiger partial charge in [0.25, 0.3) is 0 Å². The van der Waals surface area contributed by atoms with Crippen molar-refractivity contribution in [3.05, 3.63) is 193 Å². The number of para-hydroxylation sites is 1. The number of rotatable bonds is 5. The van der Waals surface area contributed by atoms with Gasteiger partial charge in [-0.3, -0.25) is 0 Å². The molecule has 276 valence electrons. The molecule has 0 saturated carbocycles. The minimum absolute atomic E-state index is 0.0995. The molecule has 2 aliphatic rings. The van der Waals surface area contributed by atoms with E-state index in [9.17, 15) is 0 Å². The van der Waals surface area contributed by atoms with Gasteiger partial charge >= 0.3 is 0 Å². The van der Waals surface area contributed by atoms with E-state index in [2.05, 4.69) is 189 Å². The van der Waals surface area contributed by atoms with Crippen LogP contribution in [0.5, 0.6) is 0 Å². The summed E-state index contributed by atoms with van der Waals surface area (Å²) in [5, 5.41) is 6.83. The molecular weight excluding hydrogens is 707 g/mol. The van der Waals surface area contributed by atoms with Gasteiger partial charge in [-0.25, -0.2) is 0 Å². The van der Waals surface area contributed by atoms with Crippen LogP contribution in [0.15, 0.2) is 185 Å². The van der Waals surface area contributed by atoms with E-state index < -0.39 is 0 Å². The average Bonchev–Trinajstić information content (AvgIpc) is 3.90. The molecule has 0 N–H and O–H groups in total. The summed E-state index contributed by atoms with van der Waals surface area (Å²) in [6.45, 7) is 4.70. The lowest BCUT2D eigenvalue weighted by Crippen LogP contribution is -2.16. The second-order valence-corrected chi connectivity index (χ2v) is 16.4. The second kappa shape index (κ2) is 12.4. The van der Waals surface area contributed by atoms with Crippen molar-refractivity contribution in [3.63, 3.8) is 0 Å². The van der Waals surface area contributed by atoms with Gasteiger partial charge in [0.15, 0.2) is 0 Å². The van der Waals surface area contributed by atoms with Crippen LogP contribution in [0.2, 0.25) is 0 Å².